The summed E-state index contributed by atoms with van der Waals surface area (Å²) < 4.78 is 5.45. The second-order valence-corrected chi connectivity index (χ2v) is 5.67. The average Bonchev–Trinajstić information content (AvgIpc) is 2.71. The summed E-state index contributed by atoms with van der Waals surface area (Å²) in [6.45, 7) is 5.15. The summed E-state index contributed by atoms with van der Waals surface area (Å²) in [6, 6.07) is 6.66. The highest BCUT2D eigenvalue weighted by Crippen LogP contribution is 2.37. The minimum absolute atomic E-state index is 0.512. The maximum Gasteiger partial charge on any atom is 0.126 e. The molecule has 1 unspecified atom stereocenters. The van der Waals surface area contributed by atoms with Crippen LogP contribution >= 0.6 is 0 Å². The molecule has 1 aliphatic rings. The lowest BCUT2D eigenvalue weighted by Crippen LogP contribution is -2.35. The number of hydrogen-bond donors (Lipinski definition) is 1. The first-order valence-corrected chi connectivity index (χ1v) is 7.80. The van der Waals surface area contributed by atoms with Gasteiger partial charge in [-0.25, -0.2) is 0 Å². The minimum Gasteiger partial charge on any atom is -0.496 e. The lowest BCUT2D eigenvalue weighted by molar-refractivity contribution is 0.194. The fraction of sp³-hybridized carbons (Fsp3) is 0.647. The van der Waals surface area contributed by atoms with E-state index in [4.69, 9.17) is 4.74 Å². The number of nitrogens with zero attached hydrogens (tertiary/aromatic N) is 1. The Morgan fingerprint density at radius 1 is 1.35 bits per heavy atom. The molecule has 0 bridgehead atoms. The summed E-state index contributed by atoms with van der Waals surface area (Å²) in [5.74, 6) is 0.789. The Morgan fingerprint density at radius 2 is 2.15 bits per heavy atom. The molecule has 1 heterocycles. The molecule has 1 fully saturated rings. The zero-order chi connectivity index (χ0) is 14.5. The molecule has 0 aliphatic carbocycles. The number of methoxy groups -OCH3 is 1. The predicted octanol–water partition coefficient (Wildman–Crippen LogP) is 3.91. The van der Waals surface area contributed by atoms with E-state index in [0.29, 0.717) is 6.04 Å². The van der Waals surface area contributed by atoms with E-state index in [9.17, 15) is 5.11 Å². The number of aliphatic hydroxyl groups excluding tert-OH is 1. The lowest BCUT2D eigenvalue weighted by atomic mass is 10.0. The fourth-order valence-corrected chi connectivity index (χ4v) is 3.30. The van der Waals surface area contributed by atoms with Crippen molar-refractivity contribution in [3.05, 3.63) is 23.8 Å². The van der Waals surface area contributed by atoms with E-state index in [1.807, 2.05) is 19.1 Å². The Morgan fingerprint density at radius 3 is 2.80 bits per heavy atom. The van der Waals surface area contributed by atoms with Gasteiger partial charge in [-0.15, -0.1) is 0 Å². The number of anilines is 1. The van der Waals surface area contributed by atoms with Gasteiger partial charge in [-0.1, -0.05) is 25.8 Å². The van der Waals surface area contributed by atoms with Crippen LogP contribution in [-0.4, -0.2) is 24.8 Å². The van der Waals surface area contributed by atoms with Crippen molar-refractivity contribution in [1.82, 2.24) is 0 Å². The molecule has 2 rings (SSSR count). The molecule has 0 aromatic heterocycles. The van der Waals surface area contributed by atoms with Crippen LogP contribution < -0.4 is 9.64 Å². The molecule has 1 saturated heterocycles. The summed E-state index contributed by atoms with van der Waals surface area (Å²) in [4.78, 5) is 2.48. The third kappa shape index (κ3) is 3.09. The van der Waals surface area contributed by atoms with Crippen molar-refractivity contribution < 1.29 is 9.84 Å². The van der Waals surface area contributed by atoms with E-state index in [1.165, 1.54) is 25.7 Å². The Balaban J connectivity index is 2.43. The molecule has 1 aromatic carbocycles. The van der Waals surface area contributed by atoms with Gasteiger partial charge in [0.25, 0.3) is 0 Å². The standard InChI is InChI=1S/C17H27NO2/c1-4-14-9-6-5-7-12-18(14)15-10-8-11-16(20-3)17(15)13(2)19/h8,10-11,13-14,19H,4-7,9,12H2,1-3H3/t13-,14?/m0/s1. The van der Waals surface area contributed by atoms with Crippen LogP contribution in [0.15, 0.2) is 18.2 Å². The van der Waals surface area contributed by atoms with E-state index in [0.717, 1.165) is 30.0 Å². The molecular formula is C17H27NO2. The van der Waals surface area contributed by atoms with Crippen LogP contribution in [0.3, 0.4) is 0 Å². The normalized spacial score (nSPS) is 21.4. The maximum atomic E-state index is 10.2. The van der Waals surface area contributed by atoms with Crippen LogP contribution in [-0.2, 0) is 0 Å². The van der Waals surface area contributed by atoms with Crippen molar-refractivity contribution in [2.45, 2.75) is 58.1 Å². The highest BCUT2D eigenvalue weighted by molar-refractivity contribution is 5.61. The topological polar surface area (TPSA) is 32.7 Å². The van der Waals surface area contributed by atoms with Crippen molar-refractivity contribution >= 4 is 5.69 Å². The first kappa shape index (κ1) is 15.2. The van der Waals surface area contributed by atoms with Crippen LogP contribution in [0, 0.1) is 0 Å². The van der Waals surface area contributed by atoms with Crippen LogP contribution in [0.4, 0.5) is 5.69 Å². The monoisotopic (exact) mass is 277 g/mol. The van der Waals surface area contributed by atoms with E-state index in [-0.39, 0.29) is 0 Å². The van der Waals surface area contributed by atoms with E-state index in [2.05, 4.69) is 17.9 Å². The number of benzene rings is 1. The predicted molar refractivity (Wildman–Crippen MR) is 83.5 cm³/mol. The Hall–Kier alpha value is -1.22. The van der Waals surface area contributed by atoms with Crippen molar-refractivity contribution in [3.8, 4) is 5.75 Å². The van der Waals surface area contributed by atoms with Gasteiger partial charge >= 0.3 is 0 Å². The van der Waals surface area contributed by atoms with E-state index < -0.39 is 6.10 Å². The van der Waals surface area contributed by atoms with Gasteiger partial charge in [0, 0.05) is 23.8 Å². The molecule has 0 amide bonds. The number of rotatable bonds is 4. The second-order valence-electron chi connectivity index (χ2n) is 5.67. The maximum absolute atomic E-state index is 10.2. The molecule has 0 saturated carbocycles. The van der Waals surface area contributed by atoms with Gasteiger partial charge in [-0.3, -0.25) is 0 Å². The summed E-state index contributed by atoms with van der Waals surface area (Å²) in [5.41, 5.74) is 2.07. The van der Waals surface area contributed by atoms with Crippen molar-refractivity contribution in [2.75, 3.05) is 18.6 Å². The number of hydrogen-bond acceptors (Lipinski definition) is 3. The van der Waals surface area contributed by atoms with Crippen molar-refractivity contribution in [3.63, 3.8) is 0 Å². The van der Waals surface area contributed by atoms with Crippen molar-refractivity contribution in [2.24, 2.45) is 0 Å². The highest BCUT2D eigenvalue weighted by Gasteiger charge is 2.24. The van der Waals surface area contributed by atoms with E-state index in [1.54, 1.807) is 7.11 Å². The Labute approximate surface area is 122 Å². The first-order valence-electron chi connectivity index (χ1n) is 7.80. The summed E-state index contributed by atoms with van der Waals surface area (Å²) in [5, 5.41) is 10.2. The van der Waals surface area contributed by atoms with Crippen LogP contribution in [0.25, 0.3) is 0 Å². The summed E-state index contributed by atoms with van der Waals surface area (Å²) in [7, 11) is 1.67. The van der Waals surface area contributed by atoms with Gasteiger partial charge in [-0.05, 0) is 38.3 Å². The molecule has 1 N–H and O–H groups in total. The van der Waals surface area contributed by atoms with Gasteiger partial charge in [-0.2, -0.15) is 0 Å². The molecule has 0 spiro atoms. The lowest BCUT2D eigenvalue weighted by Gasteiger charge is -2.34. The number of ether oxygens (including phenoxy) is 1. The largest absolute Gasteiger partial charge is 0.496 e. The van der Waals surface area contributed by atoms with Crippen molar-refractivity contribution in [1.29, 1.82) is 0 Å². The van der Waals surface area contributed by atoms with Gasteiger partial charge in [0.05, 0.1) is 13.2 Å². The Kier molecular flexibility index (Phi) is 5.30. The molecule has 112 valence electrons. The van der Waals surface area contributed by atoms with E-state index >= 15 is 0 Å². The van der Waals surface area contributed by atoms with Crippen LogP contribution in [0.2, 0.25) is 0 Å². The van der Waals surface area contributed by atoms with Gasteiger partial charge < -0.3 is 14.7 Å². The zero-order valence-electron chi connectivity index (χ0n) is 12.9. The molecule has 20 heavy (non-hydrogen) atoms. The zero-order valence-corrected chi connectivity index (χ0v) is 12.9. The fourth-order valence-electron chi connectivity index (χ4n) is 3.30. The molecule has 1 aliphatic heterocycles. The molecule has 3 nitrogen and oxygen atoms in total. The summed E-state index contributed by atoms with van der Waals surface area (Å²) >= 11 is 0. The van der Waals surface area contributed by atoms with Crippen LogP contribution in [0.5, 0.6) is 5.75 Å². The third-order valence-corrected chi connectivity index (χ3v) is 4.34. The number of aliphatic hydroxyl groups is 1. The molecular weight excluding hydrogens is 250 g/mol. The minimum atomic E-state index is -0.512. The third-order valence-electron chi connectivity index (χ3n) is 4.34. The molecule has 3 heteroatoms. The smallest absolute Gasteiger partial charge is 0.126 e. The van der Waals surface area contributed by atoms with Gasteiger partial charge in [0.1, 0.15) is 5.75 Å². The molecule has 1 aromatic rings. The molecule has 0 radical (unpaired) electrons. The molecule has 2 atom stereocenters. The van der Waals surface area contributed by atoms with Gasteiger partial charge in [0.2, 0.25) is 0 Å². The summed E-state index contributed by atoms with van der Waals surface area (Å²) in [6.07, 6.45) is 5.72. The first-order chi connectivity index (χ1) is 9.69. The SMILES string of the molecule is CCC1CCCCCN1c1cccc(OC)c1[C@H](C)O. The Bertz CT molecular complexity index is 431. The quantitative estimate of drug-likeness (QED) is 0.905. The van der Waals surface area contributed by atoms with Crippen LogP contribution in [0.1, 0.15) is 57.6 Å². The highest BCUT2D eigenvalue weighted by atomic mass is 16.5. The van der Waals surface area contributed by atoms with Gasteiger partial charge in [0.15, 0.2) is 0 Å². The average molecular weight is 277 g/mol. The second kappa shape index (κ2) is 6.98.